The highest BCUT2D eigenvalue weighted by atomic mass is 127. The molecular formula is C21H37IN4O2S. The van der Waals surface area contributed by atoms with Gasteiger partial charge < -0.3 is 10.6 Å². The van der Waals surface area contributed by atoms with Crippen molar-refractivity contribution in [2.24, 2.45) is 4.99 Å². The van der Waals surface area contributed by atoms with E-state index in [2.05, 4.69) is 45.9 Å². The lowest BCUT2D eigenvalue weighted by atomic mass is 10.0. The van der Waals surface area contributed by atoms with Gasteiger partial charge in [0.1, 0.15) is 9.84 Å². The molecule has 0 amide bonds. The van der Waals surface area contributed by atoms with Crippen LogP contribution in [-0.4, -0.2) is 63.0 Å². The highest BCUT2D eigenvalue weighted by Gasteiger charge is 2.22. The van der Waals surface area contributed by atoms with Gasteiger partial charge >= 0.3 is 0 Å². The SMILES string of the molecule is CCNC(=NCC1CCCCN1Cc1ccccc1)NC(C)CCS(C)(=O)=O.I. The fraction of sp³-hybridized carbons (Fsp3) is 0.667. The third kappa shape index (κ3) is 10.6. The molecule has 2 unspecified atom stereocenters. The Kier molecular flexibility index (Phi) is 12.1. The van der Waals surface area contributed by atoms with E-state index in [0.717, 1.165) is 32.1 Å². The van der Waals surface area contributed by atoms with Crippen molar-refractivity contribution >= 4 is 39.8 Å². The molecule has 2 rings (SSSR count). The summed E-state index contributed by atoms with van der Waals surface area (Å²) in [6, 6.07) is 11.1. The largest absolute Gasteiger partial charge is 0.357 e. The average Bonchev–Trinajstić information content (AvgIpc) is 2.66. The van der Waals surface area contributed by atoms with Crippen LogP contribution >= 0.6 is 24.0 Å². The van der Waals surface area contributed by atoms with E-state index in [1.54, 1.807) is 0 Å². The van der Waals surface area contributed by atoms with Gasteiger partial charge in [-0.05, 0) is 45.2 Å². The minimum absolute atomic E-state index is 0. The molecule has 1 fully saturated rings. The second-order valence-corrected chi connectivity index (χ2v) is 10.0. The van der Waals surface area contributed by atoms with Crippen molar-refractivity contribution in [2.45, 2.75) is 58.2 Å². The van der Waals surface area contributed by atoms with Crippen LogP contribution in [0.4, 0.5) is 0 Å². The van der Waals surface area contributed by atoms with Crippen molar-refractivity contribution in [1.82, 2.24) is 15.5 Å². The molecule has 1 aromatic carbocycles. The van der Waals surface area contributed by atoms with E-state index in [4.69, 9.17) is 4.99 Å². The lowest BCUT2D eigenvalue weighted by molar-refractivity contribution is 0.145. The summed E-state index contributed by atoms with van der Waals surface area (Å²) in [5, 5.41) is 6.64. The molecule has 1 heterocycles. The molecule has 0 aliphatic carbocycles. The summed E-state index contributed by atoms with van der Waals surface area (Å²) in [6.07, 6.45) is 5.52. The summed E-state index contributed by atoms with van der Waals surface area (Å²) >= 11 is 0. The van der Waals surface area contributed by atoms with Crippen molar-refractivity contribution in [1.29, 1.82) is 0 Å². The number of aliphatic imine (C=N–C) groups is 1. The van der Waals surface area contributed by atoms with Gasteiger partial charge in [0.25, 0.3) is 0 Å². The van der Waals surface area contributed by atoms with Crippen LogP contribution in [0.5, 0.6) is 0 Å². The Morgan fingerprint density at radius 2 is 2.00 bits per heavy atom. The Morgan fingerprint density at radius 3 is 2.66 bits per heavy atom. The Bertz CT molecular complexity index is 713. The molecule has 0 radical (unpaired) electrons. The minimum atomic E-state index is -2.94. The van der Waals surface area contributed by atoms with Crippen molar-refractivity contribution in [3.05, 3.63) is 35.9 Å². The first-order valence-corrected chi connectivity index (χ1v) is 12.4. The van der Waals surface area contributed by atoms with Crippen molar-refractivity contribution in [3.8, 4) is 0 Å². The maximum atomic E-state index is 11.4. The van der Waals surface area contributed by atoms with Crippen LogP contribution in [-0.2, 0) is 16.4 Å². The summed E-state index contributed by atoms with van der Waals surface area (Å²) in [7, 11) is -2.94. The normalized spacial score (nSPS) is 19.3. The quantitative estimate of drug-likeness (QED) is 0.289. The molecule has 2 atom stereocenters. The van der Waals surface area contributed by atoms with Gasteiger partial charge in [-0.3, -0.25) is 9.89 Å². The number of nitrogens with one attached hydrogen (secondary N) is 2. The maximum absolute atomic E-state index is 11.4. The molecule has 1 saturated heterocycles. The molecule has 0 aromatic heterocycles. The van der Waals surface area contributed by atoms with Crippen LogP contribution in [0.3, 0.4) is 0 Å². The van der Waals surface area contributed by atoms with Gasteiger partial charge in [0.15, 0.2) is 5.96 Å². The number of sulfone groups is 1. The first kappa shape index (κ1) is 26.2. The Labute approximate surface area is 193 Å². The summed E-state index contributed by atoms with van der Waals surface area (Å²) in [5.41, 5.74) is 1.35. The van der Waals surface area contributed by atoms with E-state index in [1.807, 2.05) is 13.8 Å². The second-order valence-electron chi connectivity index (χ2n) is 7.79. The van der Waals surface area contributed by atoms with Gasteiger partial charge in [0.2, 0.25) is 0 Å². The molecular weight excluding hydrogens is 499 g/mol. The summed E-state index contributed by atoms with van der Waals surface area (Å²) in [4.78, 5) is 7.36. The average molecular weight is 537 g/mol. The van der Waals surface area contributed by atoms with Crippen LogP contribution < -0.4 is 10.6 Å². The lowest BCUT2D eigenvalue weighted by Gasteiger charge is -2.35. The summed E-state index contributed by atoms with van der Waals surface area (Å²) in [6.45, 7) is 7.66. The van der Waals surface area contributed by atoms with Gasteiger partial charge in [-0.15, -0.1) is 24.0 Å². The van der Waals surface area contributed by atoms with E-state index in [9.17, 15) is 8.42 Å². The molecule has 29 heavy (non-hydrogen) atoms. The summed E-state index contributed by atoms with van der Waals surface area (Å²) in [5.74, 6) is 0.961. The standard InChI is InChI=1S/C21H36N4O2S.HI/c1-4-22-21(24-18(2)13-15-28(3,26)27)23-16-20-12-8-9-14-25(20)17-19-10-6-5-7-11-19;/h5-7,10-11,18,20H,4,8-9,12-17H2,1-3H3,(H2,22,23,24);1H. The number of halogens is 1. The zero-order valence-electron chi connectivity index (χ0n) is 17.9. The zero-order valence-corrected chi connectivity index (χ0v) is 21.1. The fourth-order valence-corrected chi connectivity index (χ4v) is 4.29. The minimum Gasteiger partial charge on any atom is -0.357 e. The number of likely N-dealkylation sites (tertiary alicyclic amines) is 1. The van der Waals surface area contributed by atoms with Gasteiger partial charge in [-0.2, -0.15) is 0 Å². The molecule has 0 saturated carbocycles. The zero-order chi connectivity index (χ0) is 20.4. The van der Waals surface area contributed by atoms with E-state index in [1.165, 1.54) is 31.1 Å². The van der Waals surface area contributed by atoms with E-state index < -0.39 is 9.84 Å². The monoisotopic (exact) mass is 536 g/mol. The predicted molar refractivity (Wildman–Crippen MR) is 133 cm³/mol. The molecule has 6 nitrogen and oxygen atoms in total. The number of rotatable bonds is 9. The van der Waals surface area contributed by atoms with Crippen molar-refractivity contribution in [3.63, 3.8) is 0 Å². The number of benzene rings is 1. The van der Waals surface area contributed by atoms with Crippen LogP contribution in [0.25, 0.3) is 0 Å². The highest BCUT2D eigenvalue weighted by Crippen LogP contribution is 2.20. The first-order chi connectivity index (χ1) is 13.4. The Hall–Kier alpha value is -0.870. The highest BCUT2D eigenvalue weighted by molar-refractivity contribution is 14.0. The van der Waals surface area contributed by atoms with Gasteiger partial charge in [0, 0.05) is 31.4 Å². The van der Waals surface area contributed by atoms with Gasteiger partial charge in [-0.25, -0.2) is 8.42 Å². The Morgan fingerprint density at radius 1 is 1.28 bits per heavy atom. The third-order valence-electron chi connectivity index (χ3n) is 5.09. The number of nitrogens with zero attached hydrogens (tertiary/aromatic N) is 2. The van der Waals surface area contributed by atoms with Crippen LogP contribution in [0, 0.1) is 0 Å². The van der Waals surface area contributed by atoms with Gasteiger partial charge in [0.05, 0.1) is 12.3 Å². The topological polar surface area (TPSA) is 73.8 Å². The maximum Gasteiger partial charge on any atom is 0.191 e. The summed E-state index contributed by atoms with van der Waals surface area (Å²) < 4.78 is 22.8. The molecule has 166 valence electrons. The number of hydrogen-bond acceptors (Lipinski definition) is 4. The molecule has 1 aliphatic rings. The molecule has 0 bridgehead atoms. The van der Waals surface area contributed by atoms with Crippen LogP contribution in [0.15, 0.2) is 35.3 Å². The Balaban J connectivity index is 0.00000420. The van der Waals surface area contributed by atoms with Crippen molar-refractivity contribution < 1.29 is 8.42 Å². The number of hydrogen-bond donors (Lipinski definition) is 2. The van der Waals surface area contributed by atoms with Gasteiger partial charge in [-0.1, -0.05) is 36.8 Å². The van der Waals surface area contributed by atoms with E-state index in [-0.39, 0.29) is 35.8 Å². The molecule has 1 aromatic rings. The first-order valence-electron chi connectivity index (χ1n) is 10.4. The third-order valence-corrected chi connectivity index (χ3v) is 6.06. The van der Waals surface area contributed by atoms with E-state index in [0.29, 0.717) is 12.5 Å². The van der Waals surface area contributed by atoms with Crippen LogP contribution in [0.2, 0.25) is 0 Å². The van der Waals surface area contributed by atoms with Crippen LogP contribution in [0.1, 0.15) is 45.1 Å². The van der Waals surface area contributed by atoms with Crippen molar-refractivity contribution in [2.75, 3.05) is 31.6 Å². The number of piperidine rings is 1. The fourth-order valence-electron chi connectivity index (χ4n) is 3.51. The molecule has 2 N–H and O–H groups in total. The number of guanidine groups is 1. The molecule has 1 aliphatic heterocycles. The van der Waals surface area contributed by atoms with E-state index >= 15 is 0 Å². The second kappa shape index (κ2) is 13.4. The lowest BCUT2D eigenvalue weighted by Crippen LogP contribution is -2.45. The molecule has 8 heteroatoms. The predicted octanol–water partition coefficient (Wildman–Crippen LogP) is 3.04. The smallest absolute Gasteiger partial charge is 0.191 e. The molecule has 0 spiro atoms.